The Morgan fingerprint density at radius 2 is 1.72 bits per heavy atom. The topological polar surface area (TPSA) is 24.9 Å². The van der Waals surface area contributed by atoms with Crippen molar-refractivity contribution in [2.24, 2.45) is 0 Å². The van der Waals surface area contributed by atoms with E-state index >= 15 is 0 Å². The van der Waals surface area contributed by atoms with Gasteiger partial charge in [0, 0.05) is 28.3 Å². The highest BCUT2D eigenvalue weighted by atomic mass is 32.1. The van der Waals surface area contributed by atoms with Crippen LogP contribution in [0, 0.1) is 0 Å². The van der Waals surface area contributed by atoms with E-state index in [1.165, 1.54) is 28.4 Å². The minimum absolute atomic E-state index is 0.139. The Morgan fingerprint density at radius 3 is 2.17 bits per heavy atom. The van der Waals surface area contributed by atoms with Gasteiger partial charge in [-0.3, -0.25) is 0 Å². The van der Waals surface area contributed by atoms with Crippen molar-refractivity contribution in [2.75, 3.05) is 0 Å². The molecule has 102 valence electrons. The Hall–Kier alpha value is -0.410. The maximum absolute atomic E-state index is 4.93. The fourth-order valence-electron chi connectivity index (χ4n) is 1.90. The van der Waals surface area contributed by atoms with E-state index in [1.807, 2.05) is 11.3 Å². The largest absolute Gasteiger partial charge is 0.309 e. The highest BCUT2D eigenvalue weighted by molar-refractivity contribution is 7.11. The van der Waals surface area contributed by atoms with Gasteiger partial charge in [0.15, 0.2) is 0 Å². The second-order valence-corrected chi connectivity index (χ2v) is 8.53. The Bertz CT molecular complexity index is 417. The molecular formula is C15H26N2S. The molecule has 0 spiro atoms. The molecule has 0 aliphatic heterocycles. The molecule has 1 aromatic rings. The molecule has 0 bridgehead atoms. The Labute approximate surface area is 115 Å². The maximum Gasteiger partial charge on any atom is 0.0985 e. The van der Waals surface area contributed by atoms with Crippen molar-refractivity contribution >= 4 is 11.3 Å². The molecule has 1 N–H and O–H groups in total. The lowest BCUT2D eigenvalue weighted by atomic mass is 9.90. The van der Waals surface area contributed by atoms with E-state index in [0.29, 0.717) is 0 Å². The molecular weight excluding hydrogens is 240 g/mol. The number of nitrogens with zero attached hydrogens (tertiary/aromatic N) is 1. The number of nitrogens with one attached hydrogen (secondary N) is 1. The summed E-state index contributed by atoms with van der Waals surface area (Å²) in [6.45, 7) is 14.5. The predicted octanol–water partition coefficient (Wildman–Crippen LogP) is 3.99. The van der Waals surface area contributed by atoms with Gasteiger partial charge in [-0.1, -0.05) is 41.5 Å². The summed E-state index contributed by atoms with van der Waals surface area (Å²) in [7, 11) is 0. The van der Waals surface area contributed by atoms with Crippen molar-refractivity contribution in [1.82, 2.24) is 10.3 Å². The molecule has 3 heteroatoms. The predicted molar refractivity (Wildman–Crippen MR) is 79.4 cm³/mol. The van der Waals surface area contributed by atoms with Gasteiger partial charge in [-0.05, 0) is 12.8 Å². The van der Waals surface area contributed by atoms with E-state index in [0.717, 1.165) is 12.6 Å². The first kappa shape index (κ1) is 14.0. The molecule has 2 rings (SSSR count). The van der Waals surface area contributed by atoms with Crippen molar-refractivity contribution in [3.8, 4) is 0 Å². The molecule has 0 unspecified atom stereocenters. The van der Waals surface area contributed by atoms with E-state index in [4.69, 9.17) is 4.98 Å². The highest BCUT2D eigenvalue weighted by Crippen LogP contribution is 2.35. The summed E-state index contributed by atoms with van der Waals surface area (Å²) < 4.78 is 0. The molecule has 2 nitrogen and oxygen atoms in total. The van der Waals surface area contributed by atoms with Crippen LogP contribution in [-0.4, -0.2) is 11.0 Å². The molecule has 1 aliphatic rings. The molecule has 0 amide bonds. The van der Waals surface area contributed by atoms with Crippen LogP contribution in [0.15, 0.2) is 0 Å². The molecule has 0 atom stereocenters. The van der Waals surface area contributed by atoms with Crippen LogP contribution in [0.5, 0.6) is 0 Å². The fraction of sp³-hybridized carbons (Fsp3) is 0.800. The van der Waals surface area contributed by atoms with Crippen LogP contribution in [0.3, 0.4) is 0 Å². The van der Waals surface area contributed by atoms with Crippen LogP contribution in [-0.2, 0) is 17.4 Å². The Morgan fingerprint density at radius 1 is 1.11 bits per heavy atom. The average Bonchev–Trinajstić information content (AvgIpc) is 2.89. The highest BCUT2D eigenvalue weighted by Gasteiger charge is 2.28. The first-order chi connectivity index (χ1) is 8.18. The van der Waals surface area contributed by atoms with Crippen molar-refractivity contribution < 1.29 is 0 Å². The number of hydrogen-bond acceptors (Lipinski definition) is 3. The SMILES string of the molecule is CC(C)(C)c1nc(C(C)(C)C)c(CNC2CC2)s1. The van der Waals surface area contributed by atoms with Gasteiger partial charge in [0.2, 0.25) is 0 Å². The molecule has 1 aromatic heterocycles. The van der Waals surface area contributed by atoms with Gasteiger partial charge in [0.25, 0.3) is 0 Å². The van der Waals surface area contributed by atoms with Crippen molar-refractivity contribution in [1.29, 1.82) is 0 Å². The van der Waals surface area contributed by atoms with Gasteiger partial charge in [-0.2, -0.15) is 0 Å². The average molecular weight is 266 g/mol. The number of aromatic nitrogens is 1. The minimum atomic E-state index is 0.139. The molecule has 1 saturated carbocycles. The van der Waals surface area contributed by atoms with Crippen LogP contribution in [0.1, 0.15) is 70.0 Å². The molecule has 18 heavy (non-hydrogen) atoms. The fourth-order valence-corrected chi connectivity index (χ4v) is 3.18. The van der Waals surface area contributed by atoms with Gasteiger partial charge in [-0.25, -0.2) is 4.98 Å². The molecule has 1 fully saturated rings. The zero-order valence-corrected chi connectivity index (χ0v) is 13.4. The Kier molecular flexibility index (Phi) is 3.58. The molecule has 1 aliphatic carbocycles. The summed E-state index contributed by atoms with van der Waals surface area (Å²) >= 11 is 1.89. The van der Waals surface area contributed by atoms with Gasteiger partial charge in [-0.15, -0.1) is 11.3 Å². The van der Waals surface area contributed by atoms with Crippen molar-refractivity contribution in [3.05, 3.63) is 15.6 Å². The quantitative estimate of drug-likeness (QED) is 0.895. The van der Waals surface area contributed by atoms with Crippen molar-refractivity contribution in [2.45, 2.75) is 77.8 Å². The normalized spacial score (nSPS) is 17.2. The van der Waals surface area contributed by atoms with Crippen LogP contribution in [0.4, 0.5) is 0 Å². The van der Waals surface area contributed by atoms with Gasteiger partial charge in [0.05, 0.1) is 10.7 Å². The van der Waals surface area contributed by atoms with Gasteiger partial charge >= 0.3 is 0 Å². The number of hydrogen-bond donors (Lipinski definition) is 1. The maximum atomic E-state index is 4.93. The molecule has 0 aromatic carbocycles. The number of thiazole rings is 1. The minimum Gasteiger partial charge on any atom is -0.309 e. The summed E-state index contributed by atoms with van der Waals surface area (Å²) in [6.07, 6.45) is 2.69. The molecule has 1 heterocycles. The Balaban J connectivity index is 2.26. The third-order valence-electron chi connectivity index (χ3n) is 3.18. The third kappa shape index (κ3) is 3.33. The second kappa shape index (κ2) is 4.61. The first-order valence-electron chi connectivity index (χ1n) is 6.92. The van der Waals surface area contributed by atoms with E-state index in [-0.39, 0.29) is 10.8 Å². The summed E-state index contributed by atoms with van der Waals surface area (Å²) in [5.41, 5.74) is 1.58. The summed E-state index contributed by atoms with van der Waals surface area (Å²) in [5.74, 6) is 0. The molecule has 0 saturated heterocycles. The standard InChI is InChI=1S/C15H26N2S/c1-14(2,3)12-11(9-16-10-7-8-10)18-13(17-12)15(4,5)6/h10,16H,7-9H2,1-6H3. The smallest absolute Gasteiger partial charge is 0.0985 e. The lowest BCUT2D eigenvalue weighted by Crippen LogP contribution is -2.20. The third-order valence-corrected chi connectivity index (χ3v) is 4.66. The lowest BCUT2D eigenvalue weighted by Gasteiger charge is -2.18. The van der Waals surface area contributed by atoms with E-state index < -0.39 is 0 Å². The van der Waals surface area contributed by atoms with Crippen LogP contribution < -0.4 is 5.32 Å². The van der Waals surface area contributed by atoms with Gasteiger partial charge < -0.3 is 5.32 Å². The van der Waals surface area contributed by atoms with E-state index in [2.05, 4.69) is 46.9 Å². The van der Waals surface area contributed by atoms with Crippen LogP contribution >= 0.6 is 11.3 Å². The van der Waals surface area contributed by atoms with Crippen LogP contribution in [0.25, 0.3) is 0 Å². The van der Waals surface area contributed by atoms with E-state index in [9.17, 15) is 0 Å². The zero-order chi connectivity index (χ0) is 13.6. The summed E-state index contributed by atoms with van der Waals surface area (Å²) in [5, 5.41) is 4.88. The first-order valence-corrected chi connectivity index (χ1v) is 7.73. The summed E-state index contributed by atoms with van der Waals surface area (Å²) in [4.78, 5) is 6.36. The molecule has 0 radical (unpaired) electrons. The lowest BCUT2D eigenvalue weighted by molar-refractivity contribution is 0.539. The monoisotopic (exact) mass is 266 g/mol. The second-order valence-electron chi connectivity index (χ2n) is 7.45. The van der Waals surface area contributed by atoms with Crippen LogP contribution in [0.2, 0.25) is 0 Å². The van der Waals surface area contributed by atoms with Crippen molar-refractivity contribution in [3.63, 3.8) is 0 Å². The van der Waals surface area contributed by atoms with Gasteiger partial charge in [0.1, 0.15) is 0 Å². The van der Waals surface area contributed by atoms with E-state index in [1.54, 1.807) is 0 Å². The summed E-state index contributed by atoms with van der Waals surface area (Å²) in [6, 6.07) is 0.762. The number of rotatable bonds is 3. The zero-order valence-electron chi connectivity index (χ0n) is 12.6.